The first kappa shape index (κ1) is 20.9. The second kappa shape index (κ2) is 8.32. The van der Waals surface area contributed by atoms with E-state index in [1.54, 1.807) is 24.3 Å². The standard InChI is InChI=1S/C17H26N2O3S.ClH/c1-13-6-8-15(9-7-13)23(21,22)17(10-4-5-11-17)16(20)19-12-14(2)18-3;/h6-9,14,18H,4-5,10-12H2,1-3H3,(H,19,20);1H. The van der Waals surface area contributed by atoms with Crippen molar-refractivity contribution in [2.75, 3.05) is 13.6 Å². The number of amides is 1. The van der Waals surface area contributed by atoms with Crippen LogP contribution in [0.1, 0.15) is 38.2 Å². The van der Waals surface area contributed by atoms with E-state index in [-0.39, 0.29) is 29.3 Å². The van der Waals surface area contributed by atoms with Gasteiger partial charge in [0.05, 0.1) is 4.90 Å². The minimum atomic E-state index is -3.70. The van der Waals surface area contributed by atoms with Gasteiger partial charge in [-0.1, -0.05) is 30.5 Å². The number of carbonyl (C=O) groups excluding carboxylic acids is 1. The van der Waals surface area contributed by atoms with Crippen LogP contribution in [-0.2, 0) is 14.6 Å². The number of carbonyl (C=O) groups is 1. The summed E-state index contributed by atoms with van der Waals surface area (Å²) >= 11 is 0. The maximum Gasteiger partial charge on any atom is 0.241 e. The largest absolute Gasteiger partial charge is 0.353 e. The number of hydrogen-bond acceptors (Lipinski definition) is 4. The van der Waals surface area contributed by atoms with Crippen molar-refractivity contribution in [3.63, 3.8) is 0 Å². The van der Waals surface area contributed by atoms with E-state index in [4.69, 9.17) is 0 Å². The Morgan fingerprint density at radius 1 is 1.21 bits per heavy atom. The third-order valence-corrected chi connectivity index (χ3v) is 7.25. The van der Waals surface area contributed by atoms with Gasteiger partial charge in [0, 0.05) is 12.6 Å². The molecule has 1 aromatic rings. The molecule has 1 amide bonds. The summed E-state index contributed by atoms with van der Waals surface area (Å²) in [5.41, 5.74) is 0.997. The summed E-state index contributed by atoms with van der Waals surface area (Å²) in [6.07, 6.45) is 2.31. The summed E-state index contributed by atoms with van der Waals surface area (Å²) in [6, 6.07) is 6.86. The second-order valence-corrected chi connectivity index (χ2v) is 8.68. The van der Waals surface area contributed by atoms with E-state index in [9.17, 15) is 13.2 Å². The van der Waals surface area contributed by atoms with Crippen molar-refractivity contribution in [3.05, 3.63) is 29.8 Å². The molecule has 1 saturated carbocycles. The molecule has 1 aliphatic carbocycles. The van der Waals surface area contributed by atoms with Crippen molar-refractivity contribution in [2.24, 2.45) is 0 Å². The molecule has 0 saturated heterocycles. The van der Waals surface area contributed by atoms with Crippen molar-refractivity contribution in [2.45, 2.75) is 55.2 Å². The van der Waals surface area contributed by atoms with E-state index in [0.29, 0.717) is 19.4 Å². The zero-order valence-corrected chi connectivity index (χ0v) is 16.1. The van der Waals surface area contributed by atoms with Gasteiger partial charge in [0.2, 0.25) is 5.91 Å². The average molecular weight is 375 g/mol. The Labute approximate surface area is 150 Å². The molecule has 0 bridgehead atoms. The van der Waals surface area contributed by atoms with Gasteiger partial charge < -0.3 is 10.6 Å². The minimum Gasteiger partial charge on any atom is -0.353 e. The molecule has 7 heteroatoms. The highest BCUT2D eigenvalue weighted by molar-refractivity contribution is 7.93. The predicted molar refractivity (Wildman–Crippen MR) is 98.3 cm³/mol. The summed E-state index contributed by atoms with van der Waals surface area (Å²) in [6.45, 7) is 4.27. The summed E-state index contributed by atoms with van der Waals surface area (Å²) in [5.74, 6) is -0.363. The quantitative estimate of drug-likeness (QED) is 0.800. The molecule has 2 rings (SSSR count). The zero-order chi connectivity index (χ0) is 17.1. The van der Waals surface area contributed by atoms with Crippen LogP contribution < -0.4 is 10.6 Å². The van der Waals surface area contributed by atoms with Gasteiger partial charge in [0.25, 0.3) is 0 Å². The van der Waals surface area contributed by atoms with Crippen LogP contribution in [-0.4, -0.2) is 38.7 Å². The van der Waals surface area contributed by atoms with E-state index in [1.165, 1.54) is 0 Å². The first-order valence-corrected chi connectivity index (χ1v) is 9.59. The van der Waals surface area contributed by atoms with Crippen LogP contribution in [0.3, 0.4) is 0 Å². The predicted octanol–water partition coefficient (Wildman–Crippen LogP) is 2.23. The number of benzene rings is 1. The van der Waals surface area contributed by atoms with Gasteiger partial charge in [-0.05, 0) is 45.9 Å². The highest BCUT2D eigenvalue weighted by Gasteiger charge is 2.52. The average Bonchev–Trinajstić information content (AvgIpc) is 3.04. The molecule has 0 radical (unpaired) electrons. The number of aryl methyl sites for hydroxylation is 1. The Morgan fingerprint density at radius 3 is 2.25 bits per heavy atom. The fraction of sp³-hybridized carbons (Fsp3) is 0.588. The lowest BCUT2D eigenvalue weighted by molar-refractivity contribution is -0.123. The third kappa shape index (κ3) is 3.92. The van der Waals surface area contributed by atoms with Crippen LogP contribution in [0.15, 0.2) is 29.2 Å². The molecule has 5 nitrogen and oxygen atoms in total. The normalized spacial score (nSPS) is 17.8. The Bertz CT molecular complexity index is 653. The summed E-state index contributed by atoms with van der Waals surface area (Å²) in [5, 5.41) is 5.86. The molecule has 1 aliphatic rings. The van der Waals surface area contributed by atoms with Crippen molar-refractivity contribution < 1.29 is 13.2 Å². The molecule has 1 unspecified atom stereocenters. The molecule has 0 aromatic heterocycles. The van der Waals surface area contributed by atoms with Gasteiger partial charge in [0.15, 0.2) is 14.6 Å². The zero-order valence-electron chi connectivity index (χ0n) is 14.5. The fourth-order valence-corrected chi connectivity index (χ4v) is 5.10. The molecule has 1 aromatic carbocycles. The summed E-state index contributed by atoms with van der Waals surface area (Å²) < 4.78 is 25.0. The Morgan fingerprint density at radius 2 is 1.75 bits per heavy atom. The number of likely N-dealkylation sites (N-methyl/N-ethyl adjacent to an activating group) is 1. The topological polar surface area (TPSA) is 75.3 Å². The smallest absolute Gasteiger partial charge is 0.241 e. The third-order valence-electron chi connectivity index (χ3n) is 4.73. The number of nitrogens with one attached hydrogen (secondary N) is 2. The van der Waals surface area contributed by atoms with E-state index in [1.807, 2.05) is 20.9 Å². The molecule has 0 spiro atoms. The molecule has 2 N–H and O–H groups in total. The monoisotopic (exact) mass is 374 g/mol. The minimum absolute atomic E-state index is 0. The number of sulfone groups is 1. The van der Waals surface area contributed by atoms with Crippen molar-refractivity contribution in [3.8, 4) is 0 Å². The number of hydrogen-bond donors (Lipinski definition) is 2. The van der Waals surface area contributed by atoms with Gasteiger partial charge in [0.1, 0.15) is 0 Å². The number of halogens is 1. The molecule has 1 fully saturated rings. The Kier molecular flexibility index (Phi) is 7.25. The molecule has 0 heterocycles. The molecular formula is C17H27ClN2O3S. The van der Waals surface area contributed by atoms with E-state index in [2.05, 4.69) is 10.6 Å². The van der Waals surface area contributed by atoms with Crippen LogP contribution in [0.4, 0.5) is 0 Å². The van der Waals surface area contributed by atoms with Gasteiger partial charge >= 0.3 is 0 Å². The van der Waals surface area contributed by atoms with E-state index >= 15 is 0 Å². The Balaban J connectivity index is 0.00000288. The van der Waals surface area contributed by atoms with Gasteiger partial charge in [-0.2, -0.15) is 0 Å². The van der Waals surface area contributed by atoms with Crippen molar-refractivity contribution >= 4 is 28.2 Å². The van der Waals surface area contributed by atoms with Crippen molar-refractivity contribution in [1.82, 2.24) is 10.6 Å². The SMILES string of the molecule is CNC(C)CNC(=O)C1(S(=O)(=O)c2ccc(C)cc2)CCCC1.Cl. The summed E-state index contributed by atoms with van der Waals surface area (Å²) in [7, 11) is -1.89. The maximum absolute atomic E-state index is 13.1. The lowest BCUT2D eigenvalue weighted by Crippen LogP contribution is -2.52. The molecule has 1 atom stereocenters. The van der Waals surface area contributed by atoms with Crippen LogP contribution in [0.5, 0.6) is 0 Å². The maximum atomic E-state index is 13.1. The lowest BCUT2D eigenvalue weighted by Gasteiger charge is -2.28. The highest BCUT2D eigenvalue weighted by Crippen LogP contribution is 2.40. The van der Waals surface area contributed by atoms with Crippen LogP contribution in [0.25, 0.3) is 0 Å². The first-order chi connectivity index (χ1) is 10.8. The van der Waals surface area contributed by atoms with Crippen LogP contribution in [0.2, 0.25) is 0 Å². The Hall–Kier alpha value is -1.11. The van der Waals surface area contributed by atoms with E-state index < -0.39 is 14.6 Å². The van der Waals surface area contributed by atoms with Crippen LogP contribution >= 0.6 is 12.4 Å². The molecular weight excluding hydrogens is 348 g/mol. The van der Waals surface area contributed by atoms with Gasteiger partial charge in [-0.25, -0.2) is 8.42 Å². The first-order valence-electron chi connectivity index (χ1n) is 8.10. The fourth-order valence-electron chi connectivity index (χ4n) is 3.02. The summed E-state index contributed by atoms with van der Waals surface area (Å²) in [4.78, 5) is 13.0. The van der Waals surface area contributed by atoms with Gasteiger partial charge in [-0.15, -0.1) is 12.4 Å². The van der Waals surface area contributed by atoms with Crippen LogP contribution in [0, 0.1) is 6.92 Å². The number of rotatable bonds is 6. The highest BCUT2D eigenvalue weighted by atomic mass is 35.5. The lowest BCUT2D eigenvalue weighted by atomic mass is 10.1. The molecule has 136 valence electrons. The van der Waals surface area contributed by atoms with Crippen molar-refractivity contribution in [1.29, 1.82) is 0 Å². The molecule has 0 aliphatic heterocycles. The second-order valence-electron chi connectivity index (χ2n) is 6.42. The van der Waals surface area contributed by atoms with Gasteiger partial charge in [-0.3, -0.25) is 4.79 Å². The molecule has 24 heavy (non-hydrogen) atoms. The van der Waals surface area contributed by atoms with E-state index in [0.717, 1.165) is 18.4 Å².